The molecule has 1 amide bonds. The molecule has 0 radical (unpaired) electrons. The lowest BCUT2D eigenvalue weighted by Crippen LogP contribution is -2.40. The summed E-state index contributed by atoms with van der Waals surface area (Å²) >= 11 is 0. The van der Waals surface area contributed by atoms with Crippen molar-refractivity contribution < 1.29 is 4.79 Å². The highest BCUT2D eigenvalue weighted by Gasteiger charge is 2.31. The van der Waals surface area contributed by atoms with Crippen molar-refractivity contribution >= 4 is 11.7 Å². The van der Waals surface area contributed by atoms with E-state index < -0.39 is 0 Å². The van der Waals surface area contributed by atoms with Gasteiger partial charge in [-0.3, -0.25) is 4.79 Å². The van der Waals surface area contributed by atoms with E-state index in [-0.39, 0.29) is 11.9 Å². The maximum absolute atomic E-state index is 12.5. The third-order valence-corrected chi connectivity index (χ3v) is 6.30. The number of carbonyl (C=O) groups is 1. The molecule has 2 aliphatic rings. The maximum atomic E-state index is 12.5. The Labute approximate surface area is 174 Å². The van der Waals surface area contributed by atoms with Crippen LogP contribution in [0.2, 0.25) is 0 Å². The summed E-state index contributed by atoms with van der Waals surface area (Å²) < 4.78 is 0. The van der Waals surface area contributed by atoms with Crippen LogP contribution in [-0.4, -0.2) is 40.4 Å². The van der Waals surface area contributed by atoms with E-state index in [4.69, 9.17) is 9.97 Å². The molecule has 29 heavy (non-hydrogen) atoms. The summed E-state index contributed by atoms with van der Waals surface area (Å²) in [5, 5.41) is 0. The van der Waals surface area contributed by atoms with Crippen LogP contribution in [0, 0.1) is 6.92 Å². The lowest BCUT2D eigenvalue weighted by atomic mass is 9.99. The van der Waals surface area contributed by atoms with Gasteiger partial charge in [0.25, 0.3) is 0 Å². The molecule has 1 saturated heterocycles. The second-order valence-corrected chi connectivity index (χ2v) is 8.25. The Morgan fingerprint density at radius 1 is 1.10 bits per heavy atom. The van der Waals surface area contributed by atoms with Crippen molar-refractivity contribution in [1.29, 1.82) is 0 Å². The normalized spacial score (nSPS) is 19.2. The third kappa shape index (κ3) is 4.29. The second-order valence-electron chi connectivity index (χ2n) is 8.25. The average Bonchev–Trinajstić information content (AvgIpc) is 2.78. The number of piperidine rings is 1. The monoisotopic (exact) mass is 392 g/mol. The van der Waals surface area contributed by atoms with E-state index in [9.17, 15) is 4.79 Å². The second kappa shape index (κ2) is 8.93. The van der Waals surface area contributed by atoms with Crippen molar-refractivity contribution in [2.75, 3.05) is 24.5 Å². The first-order chi connectivity index (χ1) is 14.2. The van der Waals surface area contributed by atoms with Gasteiger partial charge in [0.2, 0.25) is 5.91 Å². The number of anilines is 1. The Morgan fingerprint density at radius 2 is 1.93 bits per heavy atom. The predicted octanol–water partition coefficient (Wildman–Crippen LogP) is 4.24. The summed E-state index contributed by atoms with van der Waals surface area (Å²) in [6.45, 7) is 6.89. The fraction of sp³-hybridized carbons (Fsp3) is 0.542. The summed E-state index contributed by atoms with van der Waals surface area (Å²) in [5.74, 6) is 2.16. The van der Waals surface area contributed by atoms with Crippen LogP contribution in [-0.2, 0) is 17.6 Å². The topological polar surface area (TPSA) is 49.3 Å². The molecule has 1 aromatic carbocycles. The van der Waals surface area contributed by atoms with Gasteiger partial charge in [-0.05, 0) is 51.0 Å². The zero-order valence-electron chi connectivity index (χ0n) is 17.7. The minimum absolute atomic E-state index is 0.0260. The number of hydrogen-bond donors (Lipinski definition) is 0. The number of carbonyl (C=O) groups excluding carboxylic acids is 1. The molecule has 4 rings (SSSR count). The fourth-order valence-corrected chi connectivity index (χ4v) is 4.69. The van der Waals surface area contributed by atoms with Gasteiger partial charge in [-0.2, -0.15) is 0 Å². The SMILES string of the molecule is CCC(=O)N1CCCCC1c1nc(C)c2c(n1)N(CCc1ccccc1)CCC2. The highest BCUT2D eigenvalue weighted by atomic mass is 16.2. The van der Waals surface area contributed by atoms with Gasteiger partial charge in [0.1, 0.15) is 5.82 Å². The van der Waals surface area contributed by atoms with E-state index >= 15 is 0 Å². The Kier molecular flexibility index (Phi) is 6.12. The molecule has 5 nitrogen and oxygen atoms in total. The fourth-order valence-electron chi connectivity index (χ4n) is 4.69. The van der Waals surface area contributed by atoms with Crippen molar-refractivity contribution in [3.63, 3.8) is 0 Å². The Bertz CT molecular complexity index is 851. The Morgan fingerprint density at radius 3 is 2.72 bits per heavy atom. The van der Waals surface area contributed by atoms with E-state index in [0.29, 0.717) is 6.42 Å². The summed E-state index contributed by atoms with van der Waals surface area (Å²) in [6.07, 6.45) is 6.94. The highest BCUT2D eigenvalue weighted by molar-refractivity contribution is 5.76. The van der Waals surface area contributed by atoms with Crippen molar-refractivity contribution in [3.05, 3.63) is 53.0 Å². The number of benzene rings is 1. The summed E-state index contributed by atoms with van der Waals surface area (Å²) in [4.78, 5) is 26.9. The molecular weight excluding hydrogens is 360 g/mol. The molecule has 0 aliphatic carbocycles. The van der Waals surface area contributed by atoms with Gasteiger partial charge in [-0.15, -0.1) is 0 Å². The molecule has 5 heteroatoms. The zero-order valence-corrected chi connectivity index (χ0v) is 17.7. The molecule has 2 aliphatic heterocycles. The average molecular weight is 393 g/mol. The number of amides is 1. The van der Waals surface area contributed by atoms with Crippen LogP contribution in [0.4, 0.5) is 5.82 Å². The van der Waals surface area contributed by atoms with Gasteiger partial charge in [-0.1, -0.05) is 37.3 Å². The molecule has 3 heterocycles. The molecule has 0 spiro atoms. The third-order valence-electron chi connectivity index (χ3n) is 6.30. The molecule has 0 N–H and O–H groups in total. The Balaban J connectivity index is 1.61. The van der Waals surface area contributed by atoms with Crippen molar-refractivity contribution in [2.24, 2.45) is 0 Å². The quantitative estimate of drug-likeness (QED) is 0.763. The smallest absolute Gasteiger partial charge is 0.222 e. The number of fused-ring (bicyclic) bond motifs is 1. The van der Waals surface area contributed by atoms with Crippen molar-refractivity contribution in [1.82, 2.24) is 14.9 Å². The van der Waals surface area contributed by atoms with Gasteiger partial charge < -0.3 is 9.80 Å². The molecule has 0 saturated carbocycles. The zero-order chi connectivity index (χ0) is 20.2. The lowest BCUT2D eigenvalue weighted by Gasteiger charge is -2.36. The maximum Gasteiger partial charge on any atom is 0.222 e. The first-order valence-electron chi connectivity index (χ1n) is 11.1. The van der Waals surface area contributed by atoms with Crippen LogP contribution in [0.15, 0.2) is 30.3 Å². The van der Waals surface area contributed by atoms with Crippen LogP contribution in [0.5, 0.6) is 0 Å². The minimum Gasteiger partial charge on any atom is -0.356 e. The first kappa shape index (κ1) is 19.9. The van der Waals surface area contributed by atoms with Crippen LogP contribution in [0.3, 0.4) is 0 Å². The molecule has 2 aromatic rings. The first-order valence-corrected chi connectivity index (χ1v) is 11.1. The van der Waals surface area contributed by atoms with E-state index in [1.807, 2.05) is 11.8 Å². The summed E-state index contributed by atoms with van der Waals surface area (Å²) in [7, 11) is 0. The number of aromatic nitrogens is 2. The molecule has 154 valence electrons. The molecule has 1 unspecified atom stereocenters. The summed E-state index contributed by atoms with van der Waals surface area (Å²) in [5.41, 5.74) is 3.73. The van der Waals surface area contributed by atoms with E-state index in [2.05, 4.69) is 42.2 Å². The number of hydrogen-bond acceptors (Lipinski definition) is 4. The van der Waals surface area contributed by atoms with Crippen LogP contribution in [0.1, 0.15) is 67.7 Å². The van der Waals surface area contributed by atoms with Crippen LogP contribution >= 0.6 is 0 Å². The number of aryl methyl sites for hydroxylation is 1. The van der Waals surface area contributed by atoms with E-state index in [1.54, 1.807) is 0 Å². The van der Waals surface area contributed by atoms with Gasteiger partial charge >= 0.3 is 0 Å². The summed E-state index contributed by atoms with van der Waals surface area (Å²) in [6, 6.07) is 10.7. The van der Waals surface area contributed by atoms with Gasteiger partial charge in [0, 0.05) is 37.3 Å². The minimum atomic E-state index is 0.0260. The molecular formula is C24H32N4O. The largest absolute Gasteiger partial charge is 0.356 e. The van der Waals surface area contributed by atoms with Gasteiger partial charge in [0.15, 0.2) is 5.82 Å². The van der Waals surface area contributed by atoms with Crippen LogP contribution in [0.25, 0.3) is 0 Å². The lowest BCUT2D eigenvalue weighted by molar-refractivity contribution is -0.134. The Hall–Kier alpha value is -2.43. The van der Waals surface area contributed by atoms with Crippen molar-refractivity contribution in [2.45, 2.75) is 64.8 Å². The van der Waals surface area contributed by atoms with E-state index in [0.717, 1.165) is 75.5 Å². The van der Waals surface area contributed by atoms with Crippen LogP contribution < -0.4 is 4.90 Å². The van der Waals surface area contributed by atoms with Gasteiger partial charge in [-0.25, -0.2) is 9.97 Å². The molecule has 0 bridgehead atoms. The standard InChI is InChI=1S/C24H32N4O/c1-3-22(29)28-16-8-7-13-21(28)23-25-18(2)20-12-9-15-27(24(20)26-23)17-14-19-10-5-4-6-11-19/h4-6,10-11,21H,3,7-9,12-17H2,1-2H3. The highest BCUT2D eigenvalue weighted by Crippen LogP contribution is 2.34. The number of likely N-dealkylation sites (tertiary alicyclic amines) is 1. The van der Waals surface area contributed by atoms with Gasteiger partial charge in [0.05, 0.1) is 6.04 Å². The molecule has 1 atom stereocenters. The van der Waals surface area contributed by atoms with Crippen molar-refractivity contribution in [3.8, 4) is 0 Å². The molecule has 1 aromatic heterocycles. The van der Waals surface area contributed by atoms with E-state index in [1.165, 1.54) is 11.1 Å². The predicted molar refractivity (Wildman–Crippen MR) is 116 cm³/mol. The number of rotatable bonds is 5. The molecule has 1 fully saturated rings. The number of nitrogens with zero attached hydrogens (tertiary/aromatic N) is 4.